The molecule has 2 N–H and O–H groups in total. The van der Waals surface area contributed by atoms with Crippen molar-refractivity contribution in [2.45, 2.75) is 0 Å². The van der Waals surface area contributed by atoms with Gasteiger partial charge in [-0.25, -0.2) is 4.79 Å². The molecule has 0 amide bonds. The molecule has 1 aromatic carbocycles. The van der Waals surface area contributed by atoms with E-state index in [2.05, 4.69) is 25.9 Å². The lowest BCUT2D eigenvalue weighted by molar-refractivity contribution is -0.836. The number of rotatable bonds is 3. The maximum atomic E-state index is 10.7. The molecule has 0 fully saturated rings. The minimum Gasteiger partial charge on any atom is -0.872 e. The fourth-order valence-corrected chi connectivity index (χ4v) is 0.923. The molecule has 0 saturated carbocycles. The van der Waals surface area contributed by atoms with E-state index in [0.717, 1.165) is 0 Å². The van der Waals surface area contributed by atoms with Crippen LogP contribution in [-0.2, 0) is 9.53 Å². The summed E-state index contributed by atoms with van der Waals surface area (Å²) in [5.41, 5.74) is 0.615. The van der Waals surface area contributed by atoms with Crippen LogP contribution >= 0.6 is 0 Å². The number of hydrogen-bond donors (Lipinski definition) is 2. The Bertz CT molecular complexity index is 393. The van der Waals surface area contributed by atoms with E-state index in [1.165, 1.54) is 42.4 Å². The topological polar surface area (TPSA) is 74.0 Å². The maximum absolute atomic E-state index is 10.7. The van der Waals surface area contributed by atoms with E-state index >= 15 is 0 Å². The highest BCUT2D eigenvalue weighted by Crippen LogP contribution is 2.11. The molecule has 0 spiro atoms. The van der Waals surface area contributed by atoms with Gasteiger partial charge in [-0.15, -0.1) is 5.75 Å². The standard InChI is InChI=1S/C10H10O4.C3H9N/c1-14-9(10(12)13)6-7-2-4-8(11)5-3-7;1-4(2)3/h2-6,11H,1H3,(H,12,13);1-3H3/b9-6-;. The third kappa shape index (κ3) is 7.29. The Labute approximate surface area is 107 Å². The second-order valence-electron chi connectivity index (χ2n) is 4.09. The van der Waals surface area contributed by atoms with Gasteiger partial charge in [0.2, 0.25) is 5.76 Å². The van der Waals surface area contributed by atoms with Crippen molar-refractivity contribution in [3.63, 3.8) is 0 Å². The summed E-state index contributed by atoms with van der Waals surface area (Å²) in [4.78, 5) is 12.0. The summed E-state index contributed by atoms with van der Waals surface area (Å²) in [6.07, 6.45) is 1.35. The molecule has 5 heteroatoms. The third-order valence-corrected chi connectivity index (χ3v) is 1.61. The van der Waals surface area contributed by atoms with E-state index in [9.17, 15) is 9.90 Å². The summed E-state index contributed by atoms with van der Waals surface area (Å²) >= 11 is 0. The lowest BCUT2D eigenvalue weighted by atomic mass is 10.2. The lowest BCUT2D eigenvalue weighted by Gasteiger charge is -2.04. The van der Waals surface area contributed by atoms with E-state index in [-0.39, 0.29) is 11.5 Å². The first kappa shape index (κ1) is 16.0. The predicted molar refractivity (Wildman–Crippen MR) is 67.2 cm³/mol. The Morgan fingerprint density at radius 2 is 1.72 bits per heavy atom. The Hall–Kier alpha value is -2.01. The van der Waals surface area contributed by atoms with Gasteiger partial charge in [0.05, 0.1) is 28.3 Å². The molecule has 0 radical (unpaired) electrons. The van der Waals surface area contributed by atoms with Gasteiger partial charge in [-0.2, -0.15) is 0 Å². The van der Waals surface area contributed by atoms with Gasteiger partial charge in [-0.3, -0.25) is 0 Å². The largest absolute Gasteiger partial charge is 0.872 e. The number of carboxylic acids is 1. The Morgan fingerprint density at radius 1 is 1.28 bits per heavy atom. The van der Waals surface area contributed by atoms with E-state index in [4.69, 9.17) is 5.11 Å². The Morgan fingerprint density at radius 3 is 2.06 bits per heavy atom. The van der Waals surface area contributed by atoms with Crippen LogP contribution in [0.5, 0.6) is 5.75 Å². The SMILES string of the molecule is CO/C(=C\c1ccc([O-])cc1)C(=O)O.C[NH+](C)C. The number of aliphatic carboxylic acids is 1. The molecule has 0 heterocycles. The number of nitrogens with one attached hydrogen (secondary N) is 1. The second kappa shape index (κ2) is 8.14. The molecule has 100 valence electrons. The van der Waals surface area contributed by atoms with Crippen LogP contribution in [0.2, 0.25) is 0 Å². The molecule has 1 rings (SSSR count). The molecule has 1 aromatic rings. The molecule has 0 aliphatic heterocycles. The molecule has 0 aliphatic carbocycles. The summed E-state index contributed by atoms with van der Waals surface area (Å²) in [7, 11) is 7.53. The van der Waals surface area contributed by atoms with Crippen molar-refractivity contribution in [3.05, 3.63) is 35.6 Å². The summed E-state index contributed by atoms with van der Waals surface area (Å²) in [6, 6.07) is 5.79. The Balaban J connectivity index is 0.000000631. The fraction of sp³-hybridized carbons (Fsp3) is 0.308. The highest BCUT2D eigenvalue weighted by molar-refractivity contribution is 5.89. The number of ether oxygens (including phenoxy) is 1. The van der Waals surface area contributed by atoms with Crippen molar-refractivity contribution >= 4 is 12.0 Å². The number of methoxy groups -OCH3 is 1. The first-order chi connectivity index (χ1) is 8.36. The van der Waals surface area contributed by atoms with Gasteiger partial charge in [0, 0.05) is 0 Å². The van der Waals surface area contributed by atoms with Gasteiger partial charge in [0.25, 0.3) is 0 Å². The van der Waals surface area contributed by atoms with Crippen LogP contribution in [0.25, 0.3) is 6.08 Å². The molecule has 0 atom stereocenters. The van der Waals surface area contributed by atoms with Gasteiger partial charge >= 0.3 is 5.97 Å². The van der Waals surface area contributed by atoms with Crippen LogP contribution in [-0.4, -0.2) is 39.3 Å². The monoisotopic (exact) mass is 253 g/mol. The predicted octanol–water partition coefficient (Wildman–Crippen LogP) is -0.407. The maximum Gasteiger partial charge on any atom is 0.371 e. The zero-order valence-corrected chi connectivity index (χ0v) is 11.1. The quantitative estimate of drug-likeness (QED) is 0.567. The minimum atomic E-state index is -1.14. The highest BCUT2D eigenvalue weighted by Gasteiger charge is 2.05. The van der Waals surface area contributed by atoms with Crippen molar-refractivity contribution in [3.8, 4) is 5.75 Å². The second-order valence-corrected chi connectivity index (χ2v) is 4.09. The molecule has 0 aliphatic rings. The first-order valence-electron chi connectivity index (χ1n) is 5.39. The third-order valence-electron chi connectivity index (χ3n) is 1.61. The molecule has 18 heavy (non-hydrogen) atoms. The van der Waals surface area contributed by atoms with Crippen molar-refractivity contribution in [1.82, 2.24) is 0 Å². The summed E-state index contributed by atoms with van der Waals surface area (Å²) < 4.78 is 4.63. The highest BCUT2D eigenvalue weighted by atomic mass is 16.5. The van der Waals surface area contributed by atoms with Crippen LogP contribution in [0.4, 0.5) is 0 Å². The van der Waals surface area contributed by atoms with Gasteiger partial charge in [0.15, 0.2) is 0 Å². The van der Waals surface area contributed by atoms with Crippen LogP contribution in [0.3, 0.4) is 0 Å². The van der Waals surface area contributed by atoms with Gasteiger partial charge < -0.3 is 19.8 Å². The molecule has 0 saturated heterocycles. The zero-order valence-electron chi connectivity index (χ0n) is 11.1. The van der Waals surface area contributed by atoms with Gasteiger partial charge in [-0.1, -0.05) is 24.3 Å². The van der Waals surface area contributed by atoms with Crippen LogP contribution in [0.1, 0.15) is 5.56 Å². The molecular weight excluding hydrogens is 234 g/mol. The molecule has 0 bridgehead atoms. The normalized spacial score (nSPS) is 10.6. The van der Waals surface area contributed by atoms with Crippen molar-refractivity contribution in [1.29, 1.82) is 0 Å². The van der Waals surface area contributed by atoms with E-state index in [1.54, 1.807) is 0 Å². The van der Waals surface area contributed by atoms with Crippen molar-refractivity contribution < 1.29 is 24.6 Å². The number of benzene rings is 1. The summed E-state index contributed by atoms with van der Waals surface area (Å²) in [5, 5.41) is 19.4. The zero-order chi connectivity index (χ0) is 14.1. The first-order valence-corrected chi connectivity index (χ1v) is 5.39. The number of hydrogen-bond acceptors (Lipinski definition) is 3. The lowest BCUT2D eigenvalue weighted by Crippen LogP contribution is -3.02. The van der Waals surface area contributed by atoms with Crippen molar-refractivity contribution in [2.24, 2.45) is 0 Å². The van der Waals surface area contributed by atoms with Gasteiger partial charge in [0.1, 0.15) is 0 Å². The Kier molecular flexibility index (Phi) is 7.23. The number of quaternary nitrogens is 1. The average molecular weight is 253 g/mol. The number of carboxylic acid groups (broad SMARTS) is 1. The molecular formula is C13H19NO4. The van der Waals surface area contributed by atoms with Gasteiger partial charge in [-0.05, 0) is 11.6 Å². The van der Waals surface area contributed by atoms with Crippen molar-refractivity contribution in [2.75, 3.05) is 28.3 Å². The van der Waals surface area contributed by atoms with E-state index < -0.39 is 5.97 Å². The number of carbonyl (C=O) groups is 1. The van der Waals surface area contributed by atoms with E-state index in [0.29, 0.717) is 5.56 Å². The van der Waals surface area contributed by atoms with E-state index in [1.807, 2.05) is 0 Å². The molecule has 5 nitrogen and oxygen atoms in total. The fourth-order valence-electron chi connectivity index (χ4n) is 0.923. The summed E-state index contributed by atoms with van der Waals surface area (Å²) in [5.74, 6) is -1.42. The molecule has 0 unspecified atom stereocenters. The average Bonchev–Trinajstić information content (AvgIpc) is 2.27. The van der Waals surface area contributed by atoms with Crippen LogP contribution < -0.4 is 10.0 Å². The van der Waals surface area contributed by atoms with Crippen LogP contribution in [0.15, 0.2) is 30.0 Å². The smallest absolute Gasteiger partial charge is 0.371 e. The van der Waals surface area contributed by atoms with Crippen LogP contribution in [0, 0.1) is 0 Å². The molecule has 0 aromatic heterocycles. The minimum absolute atomic E-state index is 0.114. The summed E-state index contributed by atoms with van der Waals surface area (Å²) in [6.45, 7) is 0.